The van der Waals surface area contributed by atoms with Crippen LogP contribution in [0.5, 0.6) is 0 Å². The Bertz CT molecular complexity index is 730. The first-order valence-corrected chi connectivity index (χ1v) is 9.03. The number of nitrogens with zero attached hydrogens (tertiary/aromatic N) is 2. The largest absolute Gasteiger partial charge is 0.348 e. The van der Waals surface area contributed by atoms with Crippen molar-refractivity contribution >= 4 is 29.1 Å². The van der Waals surface area contributed by atoms with E-state index < -0.39 is 6.04 Å². The Labute approximate surface area is 158 Å². The van der Waals surface area contributed by atoms with Gasteiger partial charge in [-0.2, -0.15) is 0 Å². The summed E-state index contributed by atoms with van der Waals surface area (Å²) in [5.41, 5.74) is 8.83. The van der Waals surface area contributed by atoms with E-state index in [1.165, 1.54) is 0 Å². The average molecular weight is 383 g/mol. The highest BCUT2D eigenvalue weighted by molar-refractivity contribution is 6.42. The van der Waals surface area contributed by atoms with Gasteiger partial charge in [-0.15, -0.1) is 0 Å². The number of benzene rings is 1. The van der Waals surface area contributed by atoms with Crippen molar-refractivity contribution in [2.75, 3.05) is 6.54 Å². The number of halogens is 2. The Morgan fingerprint density at radius 1 is 1.36 bits per heavy atom. The van der Waals surface area contributed by atoms with E-state index in [0.717, 1.165) is 17.0 Å². The lowest BCUT2D eigenvalue weighted by molar-refractivity contribution is -0.134. The van der Waals surface area contributed by atoms with Crippen molar-refractivity contribution in [3.63, 3.8) is 0 Å². The standard InChI is InChI=1S/C18H24Cl2N4O/c1-11(2)17(21)18(25)24(8-7-15-12(3)22-10-23-15)9-13-5-4-6-14(19)16(13)20/h4-6,10-11,17H,7-9,21H2,1-3H3,(H,22,23)/t17-/m0/s1. The molecule has 0 aliphatic rings. The Kier molecular flexibility index (Phi) is 6.87. The summed E-state index contributed by atoms with van der Waals surface area (Å²) in [5.74, 6) is -0.0452. The number of aryl methyl sites for hydroxylation is 1. The average Bonchev–Trinajstić information content (AvgIpc) is 2.98. The van der Waals surface area contributed by atoms with E-state index in [1.807, 2.05) is 32.9 Å². The number of H-pyrrole nitrogens is 1. The van der Waals surface area contributed by atoms with Crippen LogP contribution in [0.2, 0.25) is 10.0 Å². The number of nitrogens with two attached hydrogens (primary N) is 1. The highest BCUT2D eigenvalue weighted by Gasteiger charge is 2.24. The van der Waals surface area contributed by atoms with Gasteiger partial charge in [-0.3, -0.25) is 4.79 Å². The zero-order valence-electron chi connectivity index (χ0n) is 14.7. The molecule has 0 aliphatic carbocycles. The molecule has 0 spiro atoms. The van der Waals surface area contributed by atoms with Gasteiger partial charge in [0.25, 0.3) is 0 Å². The third kappa shape index (κ3) is 4.97. The maximum absolute atomic E-state index is 12.8. The van der Waals surface area contributed by atoms with Crippen molar-refractivity contribution in [3.8, 4) is 0 Å². The van der Waals surface area contributed by atoms with Crippen LogP contribution in [0.15, 0.2) is 24.5 Å². The van der Waals surface area contributed by atoms with E-state index in [1.54, 1.807) is 17.3 Å². The third-order valence-electron chi connectivity index (χ3n) is 4.26. The second-order valence-corrected chi connectivity index (χ2v) is 7.25. The van der Waals surface area contributed by atoms with Crippen molar-refractivity contribution in [2.24, 2.45) is 11.7 Å². The molecule has 0 radical (unpaired) electrons. The normalized spacial score (nSPS) is 12.4. The molecule has 0 saturated carbocycles. The third-order valence-corrected chi connectivity index (χ3v) is 5.12. The molecule has 25 heavy (non-hydrogen) atoms. The molecule has 0 unspecified atom stereocenters. The quantitative estimate of drug-likeness (QED) is 0.768. The lowest BCUT2D eigenvalue weighted by Gasteiger charge is -2.28. The van der Waals surface area contributed by atoms with Gasteiger partial charge in [-0.1, -0.05) is 49.2 Å². The molecule has 0 aliphatic heterocycles. The Balaban J connectivity index is 2.20. The van der Waals surface area contributed by atoms with E-state index in [0.29, 0.717) is 29.6 Å². The number of nitrogens with one attached hydrogen (secondary N) is 1. The molecule has 1 aromatic heterocycles. The molecule has 5 nitrogen and oxygen atoms in total. The van der Waals surface area contributed by atoms with Gasteiger partial charge in [-0.05, 0) is 24.5 Å². The summed E-state index contributed by atoms with van der Waals surface area (Å²) in [7, 11) is 0. The molecule has 2 aromatic rings. The molecule has 1 atom stereocenters. The Morgan fingerprint density at radius 3 is 2.68 bits per heavy atom. The van der Waals surface area contributed by atoms with Crippen LogP contribution in [-0.4, -0.2) is 33.4 Å². The molecular weight excluding hydrogens is 359 g/mol. The predicted octanol–water partition coefficient (Wildman–Crippen LogP) is 3.58. The number of rotatable bonds is 7. The summed E-state index contributed by atoms with van der Waals surface area (Å²) < 4.78 is 0. The van der Waals surface area contributed by atoms with Gasteiger partial charge < -0.3 is 15.6 Å². The van der Waals surface area contributed by atoms with E-state index >= 15 is 0 Å². The summed E-state index contributed by atoms with van der Waals surface area (Å²) in [6.45, 7) is 6.70. The maximum Gasteiger partial charge on any atom is 0.240 e. The van der Waals surface area contributed by atoms with Gasteiger partial charge in [0.2, 0.25) is 5.91 Å². The number of hydrogen-bond acceptors (Lipinski definition) is 3. The van der Waals surface area contributed by atoms with Gasteiger partial charge >= 0.3 is 0 Å². The zero-order chi connectivity index (χ0) is 18.6. The minimum Gasteiger partial charge on any atom is -0.348 e. The highest BCUT2D eigenvalue weighted by Crippen LogP contribution is 2.27. The number of aromatic nitrogens is 2. The summed E-state index contributed by atoms with van der Waals surface area (Å²) in [6, 6.07) is 4.87. The summed E-state index contributed by atoms with van der Waals surface area (Å²) >= 11 is 12.4. The van der Waals surface area contributed by atoms with Crippen LogP contribution in [0.1, 0.15) is 30.8 Å². The molecule has 7 heteroatoms. The van der Waals surface area contributed by atoms with E-state index in [9.17, 15) is 4.79 Å². The second kappa shape index (κ2) is 8.70. The molecule has 0 saturated heterocycles. The SMILES string of the molecule is Cc1[nH]cnc1CCN(Cc1cccc(Cl)c1Cl)C(=O)[C@@H](N)C(C)C. The van der Waals surface area contributed by atoms with E-state index in [-0.39, 0.29) is 11.8 Å². The molecule has 1 heterocycles. The fourth-order valence-electron chi connectivity index (χ4n) is 2.52. The van der Waals surface area contributed by atoms with Gasteiger partial charge in [0.05, 0.1) is 28.1 Å². The first-order chi connectivity index (χ1) is 11.8. The molecule has 0 fully saturated rings. The van der Waals surface area contributed by atoms with Crippen LogP contribution >= 0.6 is 23.2 Å². The fourth-order valence-corrected chi connectivity index (χ4v) is 2.90. The van der Waals surface area contributed by atoms with Crippen LogP contribution < -0.4 is 5.73 Å². The number of amides is 1. The van der Waals surface area contributed by atoms with Crippen LogP contribution in [0.25, 0.3) is 0 Å². The smallest absolute Gasteiger partial charge is 0.240 e. The lowest BCUT2D eigenvalue weighted by Crippen LogP contribution is -2.47. The van der Waals surface area contributed by atoms with Crippen LogP contribution in [0.4, 0.5) is 0 Å². The highest BCUT2D eigenvalue weighted by atomic mass is 35.5. The van der Waals surface area contributed by atoms with Gasteiger partial charge in [0, 0.05) is 25.2 Å². The van der Waals surface area contributed by atoms with Crippen LogP contribution in [0.3, 0.4) is 0 Å². The fraction of sp³-hybridized carbons (Fsp3) is 0.444. The number of aromatic amines is 1. The number of carbonyl (C=O) groups is 1. The van der Waals surface area contributed by atoms with Crippen molar-refractivity contribution < 1.29 is 4.79 Å². The second-order valence-electron chi connectivity index (χ2n) is 6.47. The molecule has 0 bridgehead atoms. The number of carbonyl (C=O) groups excluding carboxylic acids is 1. The summed E-state index contributed by atoms with van der Waals surface area (Å²) in [6.07, 6.45) is 2.30. The lowest BCUT2D eigenvalue weighted by atomic mass is 10.0. The molecule has 1 aromatic carbocycles. The zero-order valence-corrected chi connectivity index (χ0v) is 16.2. The molecule has 3 N–H and O–H groups in total. The van der Waals surface area contributed by atoms with Crippen LogP contribution in [0, 0.1) is 12.8 Å². The van der Waals surface area contributed by atoms with Gasteiger partial charge in [0.1, 0.15) is 0 Å². The first-order valence-electron chi connectivity index (χ1n) is 8.27. The van der Waals surface area contributed by atoms with Crippen molar-refractivity contribution in [1.82, 2.24) is 14.9 Å². The molecule has 1 amide bonds. The molecule has 2 rings (SSSR count). The van der Waals surface area contributed by atoms with Crippen LogP contribution in [-0.2, 0) is 17.8 Å². The number of imidazole rings is 1. The summed E-state index contributed by atoms with van der Waals surface area (Å²) in [5, 5.41) is 0.943. The van der Waals surface area contributed by atoms with Crippen molar-refractivity contribution in [2.45, 2.75) is 39.8 Å². The molecule has 136 valence electrons. The minimum absolute atomic E-state index is 0.0527. The monoisotopic (exact) mass is 382 g/mol. The van der Waals surface area contributed by atoms with Gasteiger partial charge in [-0.25, -0.2) is 4.98 Å². The van der Waals surface area contributed by atoms with E-state index in [4.69, 9.17) is 28.9 Å². The first kappa shape index (κ1) is 19.8. The van der Waals surface area contributed by atoms with Crippen molar-refractivity contribution in [1.29, 1.82) is 0 Å². The topological polar surface area (TPSA) is 75.0 Å². The number of hydrogen-bond donors (Lipinski definition) is 2. The Hall–Kier alpha value is -1.56. The van der Waals surface area contributed by atoms with E-state index in [2.05, 4.69) is 9.97 Å². The van der Waals surface area contributed by atoms with Crippen molar-refractivity contribution in [3.05, 3.63) is 51.5 Å². The van der Waals surface area contributed by atoms with Gasteiger partial charge in [0.15, 0.2) is 0 Å². The molecular formula is C18H24Cl2N4O. The Morgan fingerprint density at radius 2 is 2.08 bits per heavy atom. The maximum atomic E-state index is 12.8. The summed E-state index contributed by atoms with van der Waals surface area (Å²) in [4.78, 5) is 21.9. The predicted molar refractivity (Wildman–Crippen MR) is 102 cm³/mol. The minimum atomic E-state index is -0.557.